The molecule has 0 unspecified atom stereocenters. The molecular formula is C15H10BrClFN3O2. The molecule has 2 N–H and O–H groups in total. The Labute approximate surface area is 144 Å². The Hall–Kier alpha value is -1.70. The molecular weight excluding hydrogens is 389 g/mol. The second-order valence-electron chi connectivity index (χ2n) is 5.31. The number of aromatic nitrogens is 1. The number of aliphatic imine (C=N–C) groups is 1. The van der Waals surface area contributed by atoms with Gasteiger partial charge in [0.1, 0.15) is 28.9 Å². The molecule has 2 aliphatic heterocycles. The molecule has 1 aromatic heterocycles. The SMILES string of the molecule is NC1=N[C@]2(COC1)c1cc(Br)ccc1Oc1c2cc(Cl)nc1F. The molecule has 5 nitrogen and oxygen atoms in total. The van der Waals surface area contributed by atoms with E-state index in [1.165, 1.54) is 6.07 Å². The van der Waals surface area contributed by atoms with E-state index in [2.05, 4.69) is 25.9 Å². The van der Waals surface area contributed by atoms with Gasteiger partial charge in [-0.3, -0.25) is 4.99 Å². The maximum absolute atomic E-state index is 14.3. The Morgan fingerprint density at radius 1 is 1.30 bits per heavy atom. The van der Waals surface area contributed by atoms with Gasteiger partial charge in [-0.05, 0) is 24.3 Å². The summed E-state index contributed by atoms with van der Waals surface area (Å²) in [5.41, 5.74) is 6.06. The summed E-state index contributed by atoms with van der Waals surface area (Å²) < 4.78 is 26.4. The first-order valence-corrected chi connectivity index (χ1v) is 7.93. The minimum absolute atomic E-state index is 0.00808. The van der Waals surface area contributed by atoms with E-state index in [9.17, 15) is 4.39 Å². The lowest BCUT2D eigenvalue weighted by Gasteiger charge is -2.39. The molecule has 1 aromatic carbocycles. The lowest BCUT2D eigenvalue weighted by Crippen LogP contribution is -2.42. The molecule has 2 aliphatic rings. The summed E-state index contributed by atoms with van der Waals surface area (Å²) in [4.78, 5) is 8.21. The number of benzene rings is 1. The van der Waals surface area contributed by atoms with E-state index in [4.69, 9.17) is 26.8 Å². The van der Waals surface area contributed by atoms with Crippen LogP contribution in [0, 0.1) is 5.95 Å². The van der Waals surface area contributed by atoms with Gasteiger partial charge in [-0.25, -0.2) is 4.98 Å². The summed E-state index contributed by atoms with van der Waals surface area (Å²) in [5.74, 6) is 0.000187. The van der Waals surface area contributed by atoms with Crippen molar-refractivity contribution in [3.63, 3.8) is 0 Å². The van der Waals surface area contributed by atoms with Crippen molar-refractivity contribution in [3.8, 4) is 11.5 Å². The number of fused-ring (bicyclic) bond motifs is 4. The second kappa shape index (κ2) is 5.15. The summed E-state index contributed by atoms with van der Waals surface area (Å²) in [7, 11) is 0. The highest BCUT2D eigenvalue weighted by Crippen LogP contribution is 2.51. The summed E-state index contributed by atoms with van der Waals surface area (Å²) in [5, 5.41) is 0.0158. The summed E-state index contributed by atoms with van der Waals surface area (Å²) >= 11 is 9.38. The van der Waals surface area contributed by atoms with Crippen molar-refractivity contribution in [3.05, 3.63) is 51.0 Å². The molecule has 0 radical (unpaired) electrons. The fourth-order valence-corrected chi connectivity index (χ4v) is 3.48. The van der Waals surface area contributed by atoms with Crippen molar-refractivity contribution in [1.29, 1.82) is 0 Å². The van der Waals surface area contributed by atoms with Crippen molar-refractivity contribution in [2.45, 2.75) is 5.54 Å². The summed E-state index contributed by atoms with van der Waals surface area (Å²) in [6.07, 6.45) is 0. The average molecular weight is 399 g/mol. The average Bonchev–Trinajstić information content (AvgIpc) is 2.50. The maximum atomic E-state index is 14.3. The summed E-state index contributed by atoms with van der Waals surface area (Å²) in [6, 6.07) is 6.93. The third-order valence-corrected chi connectivity index (χ3v) is 4.53. The van der Waals surface area contributed by atoms with Gasteiger partial charge in [0.25, 0.3) is 5.95 Å². The zero-order valence-electron chi connectivity index (χ0n) is 11.6. The molecule has 0 amide bonds. The van der Waals surface area contributed by atoms with Gasteiger partial charge in [-0.1, -0.05) is 27.5 Å². The fraction of sp³-hybridized carbons (Fsp3) is 0.200. The highest BCUT2D eigenvalue weighted by molar-refractivity contribution is 9.10. The van der Waals surface area contributed by atoms with Crippen LogP contribution in [0.25, 0.3) is 0 Å². The quantitative estimate of drug-likeness (QED) is 0.691. The molecule has 1 spiro atoms. The van der Waals surface area contributed by atoms with E-state index in [1.807, 2.05) is 6.07 Å². The van der Waals surface area contributed by atoms with Crippen LogP contribution in [0.2, 0.25) is 5.15 Å². The van der Waals surface area contributed by atoms with Crippen LogP contribution < -0.4 is 10.5 Å². The number of amidine groups is 1. The summed E-state index contributed by atoms with van der Waals surface area (Å²) in [6.45, 7) is 0.426. The molecule has 8 heteroatoms. The van der Waals surface area contributed by atoms with Crippen LogP contribution in [0.5, 0.6) is 11.5 Å². The lowest BCUT2D eigenvalue weighted by molar-refractivity contribution is 0.109. The molecule has 0 aliphatic carbocycles. The van der Waals surface area contributed by atoms with Crippen molar-refractivity contribution in [1.82, 2.24) is 4.98 Å². The van der Waals surface area contributed by atoms with Gasteiger partial charge in [0.2, 0.25) is 0 Å². The number of halogens is 3. The Balaban J connectivity index is 2.08. The normalized spacial score (nSPS) is 22.1. The zero-order valence-corrected chi connectivity index (χ0v) is 14.0. The molecule has 118 valence electrons. The number of ether oxygens (including phenoxy) is 2. The predicted molar refractivity (Wildman–Crippen MR) is 86.6 cm³/mol. The standard InChI is InChI=1S/C15H10BrClFN3O2/c16-7-1-2-10-8(3-7)15(6-22-5-12(19)21-15)9-4-11(17)20-14(18)13(9)23-10/h1-4H,5-6H2,(H2,19,21)/t15-/m1/s1. The first-order chi connectivity index (χ1) is 11.0. The number of nitrogens with two attached hydrogens (primary N) is 1. The molecule has 1 atom stereocenters. The molecule has 2 aromatic rings. The van der Waals surface area contributed by atoms with Crippen molar-refractivity contribution < 1.29 is 13.9 Å². The first kappa shape index (κ1) is 14.9. The third kappa shape index (κ3) is 2.22. The zero-order chi connectivity index (χ0) is 16.2. The number of hydrogen-bond donors (Lipinski definition) is 1. The van der Waals surface area contributed by atoms with Gasteiger partial charge in [0.15, 0.2) is 5.75 Å². The Morgan fingerprint density at radius 3 is 2.91 bits per heavy atom. The molecule has 0 saturated carbocycles. The van der Waals surface area contributed by atoms with Gasteiger partial charge in [0.05, 0.1) is 6.61 Å². The van der Waals surface area contributed by atoms with Gasteiger partial charge < -0.3 is 15.2 Å². The second-order valence-corrected chi connectivity index (χ2v) is 6.61. The van der Waals surface area contributed by atoms with E-state index >= 15 is 0 Å². The Bertz CT molecular complexity index is 861. The third-order valence-electron chi connectivity index (χ3n) is 3.84. The van der Waals surface area contributed by atoms with Gasteiger partial charge >= 0.3 is 0 Å². The van der Waals surface area contributed by atoms with Crippen LogP contribution in [-0.2, 0) is 10.3 Å². The maximum Gasteiger partial charge on any atom is 0.257 e. The monoisotopic (exact) mass is 397 g/mol. The number of nitrogens with zero attached hydrogens (tertiary/aromatic N) is 2. The topological polar surface area (TPSA) is 69.7 Å². The predicted octanol–water partition coefficient (Wildman–Crippen LogP) is 3.37. The molecule has 0 saturated heterocycles. The van der Waals surface area contributed by atoms with Gasteiger partial charge in [-0.2, -0.15) is 4.39 Å². The smallest absolute Gasteiger partial charge is 0.257 e. The van der Waals surface area contributed by atoms with Crippen molar-refractivity contribution in [2.75, 3.05) is 13.2 Å². The molecule has 4 rings (SSSR count). The van der Waals surface area contributed by atoms with Crippen LogP contribution in [0.15, 0.2) is 33.7 Å². The van der Waals surface area contributed by atoms with E-state index < -0.39 is 11.5 Å². The molecule has 0 bridgehead atoms. The minimum Gasteiger partial charge on any atom is -0.452 e. The number of rotatable bonds is 0. The fourth-order valence-electron chi connectivity index (χ4n) is 2.94. The highest BCUT2D eigenvalue weighted by Gasteiger charge is 2.46. The van der Waals surface area contributed by atoms with E-state index in [0.29, 0.717) is 17.1 Å². The van der Waals surface area contributed by atoms with Crippen LogP contribution in [0.1, 0.15) is 11.1 Å². The highest BCUT2D eigenvalue weighted by atomic mass is 79.9. The van der Waals surface area contributed by atoms with Crippen LogP contribution in [0.3, 0.4) is 0 Å². The Morgan fingerprint density at radius 2 is 2.13 bits per heavy atom. The van der Waals surface area contributed by atoms with Crippen LogP contribution in [-0.4, -0.2) is 24.0 Å². The first-order valence-electron chi connectivity index (χ1n) is 6.76. The van der Waals surface area contributed by atoms with Gasteiger partial charge in [0, 0.05) is 15.6 Å². The number of pyridine rings is 1. The van der Waals surface area contributed by atoms with E-state index in [-0.39, 0.29) is 24.1 Å². The van der Waals surface area contributed by atoms with Crippen molar-refractivity contribution in [2.24, 2.45) is 10.7 Å². The van der Waals surface area contributed by atoms with Crippen LogP contribution in [0.4, 0.5) is 4.39 Å². The lowest BCUT2D eigenvalue weighted by atomic mass is 9.81. The van der Waals surface area contributed by atoms with E-state index in [0.717, 1.165) is 10.0 Å². The van der Waals surface area contributed by atoms with Gasteiger partial charge in [-0.15, -0.1) is 0 Å². The van der Waals surface area contributed by atoms with E-state index in [1.54, 1.807) is 12.1 Å². The molecule has 0 fully saturated rings. The number of hydrogen-bond acceptors (Lipinski definition) is 5. The molecule has 3 heterocycles. The molecule has 23 heavy (non-hydrogen) atoms. The van der Waals surface area contributed by atoms with Crippen LogP contribution >= 0.6 is 27.5 Å². The largest absolute Gasteiger partial charge is 0.452 e. The minimum atomic E-state index is -1.01. The van der Waals surface area contributed by atoms with Crippen molar-refractivity contribution >= 4 is 33.4 Å². The Kier molecular flexibility index (Phi) is 3.33.